The molecule has 2 heterocycles. The molecule has 0 spiro atoms. The van der Waals surface area contributed by atoms with E-state index >= 15 is 0 Å². The van der Waals surface area contributed by atoms with Gasteiger partial charge in [-0.1, -0.05) is 48.5 Å². The van der Waals surface area contributed by atoms with Crippen molar-refractivity contribution in [2.45, 2.75) is 43.5 Å². The van der Waals surface area contributed by atoms with Crippen LogP contribution in [0.15, 0.2) is 73.1 Å². The number of rotatable bonds is 10. The topological polar surface area (TPSA) is 91.9 Å². The normalized spacial score (nSPS) is 17.2. The molecule has 1 fully saturated rings. The number of nitrogens with zero attached hydrogens (tertiary/aromatic N) is 3. The van der Waals surface area contributed by atoms with Gasteiger partial charge in [0.2, 0.25) is 0 Å². The molecule has 1 aromatic heterocycles. The molecule has 2 aromatic carbocycles. The summed E-state index contributed by atoms with van der Waals surface area (Å²) < 4.78 is 84.4. The van der Waals surface area contributed by atoms with Gasteiger partial charge in [-0.25, -0.2) is 0 Å². The predicted octanol–water partition coefficient (Wildman–Crippen LogP) is 4.64. The zero-order valence-electron chi connectivity index (χ0n) is 23.1. The maximum atomic E-state index is 13.2. The van der Waals surface area contributed by atoms with E-state index in [0.29, 0.717) is 49.4 Å². The Balaban J connectivity index is 1.43. The van der Waals surface area contributed by atoms with Crippen LogP contribution in [0, 0.1) is 0 Å². The molecule has 43 heavy (non-hydrogen) atoms. The number of ether oxygens (including phenoxy) is 1. The number of benzene rings is 2. The Labute approximate surface area is 244 Å². The second kappa shape index (κ2) is 13.4. The minimum atomic E-state index is -5.94. The van der Waals surface area contributed by atoms with Crippen LogP contribution in [0.25, 0.3) is 11.1 Å². The van der Waals surface area contributed by atoms with Crippen LogP contribution in [0.3, 0.4) is 0 Å². The molecule has 1 atom stereocenters. The molecule has 0 amide bonds. The number of carbonyl (C=O) groups excluding carboxylic acids is 1. The first-order valence-corrected chi connectivity index (χ1v) is 13.6. The van der Waals surface area contributed by atoms with Crippen molar-refractivity contribution in [2.75, 3.05) is 32.8 Å². The summed E-state index contributed by atoms with van der Waals surface area (Å²) >= 11 is 0. The van der Waals surface area contributed by atoms with Crippen molar-refractivity contribution in [3.8, 4) is 11.1 Å². The molecule has 1 saturated heterocycles. The highest BCUT2D eigenvalue weighted by molar-refractivity contribution is 5.70. The molecule has 7 nitrogen and oxygen atoms in total. The molecule has 4 rings (SSSR count). The zero-order chi connectivity index (χ0) is 31.3. The van der Waals surface area contributed by atoms with Gasteiger partial charge in [-0.2, -0.15) is 26.3 Å². The van der Waals surface area contributed by atoms with E-state index in [2.05, 4.69) is 14.8 Å². The van der Waals surface area contributed by atoms with E-state index < -0.39 is 23.5 Å². The Morgan fingerprint density at radius 2 is 1.42 bits per heavy atom. The van der Waals surface area contributed by atoms with Crippen LogP contribution in [-0.2, 0) is 28.2 Å². The summed E-state index contributed by atoms with van der Waals surface area (Å²) in [6, 6.07) is 14.4. The number of esters is 1. The number of pyridine rings is 1. The number of alkyl halides is 6. The van der Waals surface area contributed by atoms with Crippen molar-refractivity contribution in [1.29, 1.82) is 0 Å². The maximum Gasteiger partial charge on any atom is 0.430 e. The summed E-state index contributed by atoms with van der Waals surface area (Å²) in [5.74, 6) is -0.323. The van der Waals surface area contributed by atoms with Gasteiger partial charge in [0, 0.05) is 63.3 Å². The third-order valence-electron chi connectivity index (χ3n) is 7.42. The summed E-state index contributed by atoms with van der Waals surface area (Å²) in [6.07, 6.45) is -8.24. The molecule has 3 N–H and O–H groups in total. The van der Waals surface area contributed by atoms with E-state index in [1.165, 1.54) is 0 Å². The van der Waals surface area contributed by atoms with Crippen molar-refractivity contribution in [2.24, 2.45) is 5.73 Å². The average molecular weight is 611 g/mol. The summed E-state index contributed by atoms with van der Waals surface area (Å²) in [7, 11) is 0. The molecule has 3 aromatic rings. The maximum absolute atomic E-state index is 13.2. The quantitative estimate of drug-likeness (QED) is 0.255. The van der Waals surface area contributed by atoms with Crippen molar-refractivity contribution < 1.29 is 41.0 Å². The van der Waals surface area contributed by atoms with Gasteiger partial charge in [0.25, 0.3) is 5.60 Å². The van der Waals surface area contributed by atoms with Crippen molar-refractivity contribution >= 4 is 5.97 Å². The van der Waals surface area contributed by atoms with E-state index in [-0.39, 0.29) is 31.6 Å². The highest BCUT2D eigenvalue weighted by Crippen LogP contribution is 2.50. The lowest BCUT2D eigenvalue weighted by molar-refractivity contribution is -0.376. The van der Waals surface area contributed by atoms with Gasteiger partial charge in [-0.05, 0) is 34.4 Å². The Bertz CT molecular complexity index is 1320. The molecular weight excluding hydrogens is 578 g/mol. The van der Waals surface area contributed by atoms with Crippen LogP contribution in [0.2, 0.25) is 0 Å². The second-order valence-corrected chi connectivity index (χ2v) is 10.4. The van der Waals surface area contributed by atoms with E-state index in [1.54, 1.807) is 24.5 Å². The SMILES string of the molecule is NCCOC(=O)C[C@@H]1CN(Cc2ccc(-c3ccc(C(O)(C(F)(F)F)C(F)(F)F)cc3)cc2)CCN1Cc1ccncc1. The third kappa shape index (κ3) is 7.71. The first-order chi connectivity index (χ1) is 20.3. The van der Waals surface area contributed by atoms with Gasteiger partial charge in [0.15, 0.2) is 0 Å². The molecule has 0 aliphatic carbocycles. The summed E-state index contributed by atoms with van der Waals surface area (Å²) in [5.41, 5.74) is 2.17. The van der Waals surface area contributed by atoms with Gasteiger partial charge >= 0.3 is 18.3 Å². The number of hydrogen-bond acceptors (Lipinski definition) is 7. The fourth-order valence-electron chi connectivity index (χ4n) is 5.10. The smallest absolute Gasteiger partial charge is 0.430 e. The van der Waals surface area contributed by atoms with Crippen LogP contribution in [0.5, 0.6) is 0 Å². The van der Waals surface area contributed by atoms with Gasteiger partial charge in [0.05, 0.1) is 6.42 Å². The fourth-order valence-corrected chi connectivity index (χ4v) is 5.10. The number of halogens is 6. The molecule has 0 saturated carbocycles. The van der Waals surface area contributed by atoms with Crippen molar-refractivity contribution in [3.63, 3.8) is 0 Å². The van der Waals surface area contributed by atoms with Crippen LogP contribution in [-0.4, -0.2) is 77.0 Å². The van der Waals surface area contributed by atoms with Crippen LogP contribution in [0.4, 0.5) is 26.3 Å². The molecule has 1 aliphatic rings. The number of aliphatic hydroxyl groups is 1. The largest absolute Gasteiger partial charge is 0.464 e. The van der Waals surface area contributed by atoms with Crippen molar-refractivity contribution in [3.05, 3.63) is 89.7 Å². The van der Waals surface area contributed by atoms with Crippen LogP contribution >= 0.6 is 0 Å². The monoisotopic (exact) mass is 610 g/mol. The predicted molar refractivity (Wildman–Crippen MR) is 146 cm³/mol. The van der Waals surface area contributed by atoms with Crippen LogP contribution in [0.1, 0.15) is 23.1 Å². The van der Waals surface area contributed by atoms with Gasteiger partial charge in [-0.15, -0.1) is 0 Å². The Hall–Kier alpha value is -3.52. The molecular formula is C30H32F6N4O3. The minimum Gasteiger partial charge on any atom is -0.464 e. The fraction of sp³-hybridized carbons (Fsp3) is 0.400. The summed E-state index contributed by atoms with van der Waals surface area (Å²) in [5, 5.41) is 9.61. The second-order valence-electron chi connectivity index (χ2n) is 10.4. The van der Waals surface area contributed by atoms with E-state index in [0.717, 1.165) is 29.8 Å². The summed E-state index contributed by atoms with van der Waals surface area (Å²) in [4.78, 5) is 20.9. The molecule has 13 heteroatoms. The molecule has 0 unspecified atom stereocenters. The Kier molecular flexibility index (Phi) is 10.1. The lowest BCUT2D eigenvalue weighted by atomic mass is 9.90. The molecule has 1 aliphatic heterocycles. The van der Waals surface area contributed by atoms with Gasteiger partial charge in [-0.3, -0.25) is 19.6 Å². The number of carbonyl (C=O) groups is 1. The van der Waals surface area contributed by atoms with E-state index in [4.69, 9.17) is 10.5 Å². The Morgan fingerprint density at radius 3 is 1.98 bits per heavy atom. The number of nitrogens with two attached hydrogens (primary N) is 1. The number of aromatic nitrogens is 1. The number of hydrogen-bond donors (Lipinski definition) is 2. The van der Waals surface area contributed by atoms with E-state index in [1.807, 2.05) is 24.3 Å². The molecule has 232 valence electrons. The first-order valence-electron chi connectivity index (χ1n) is 13.6. The van der Waals surface area contributed by atoms with Gasteiger partial charge in [0.1, 0.15) is 6.61 Å². The lowest BCUT2D eigenvalue weighted by Gasteiger charge is -2.41. The third-order valence-corrected chi connectivity index (χ3v) is 7.42. The highest BCUT2D eigenvalue weighted by atomic mass is 19.4. The zero-order valence-corrected chi connectivity index (χ0v) is 23.1. The minimum absolute atomic E-state index is 0.1000. The van der Waals surface area contributed by atoms with Crippen LogP contribution < -0.4 is 5.73 Å². The Morgan fingerprint density at radius 1 is 0.860 bits per heavy atom. The van der Waals surface area contributed by atoms with Gasteiger partial charge < -0.3 is 15.6 Å². The number of piperazine rings is 1. The molecule has 0 radical (unpaired) electrons. The molecule has 0 bridgehead atoms. The average Bonchev–Trinajstić information content (AvgIpc) is 2.97. The standard InChI is InChI=1S/C30H32F6N4O3/c31-29(32,33)28(42,30(34,35)36)25-7-5-24(6-8-25)23-3-1-21(2-4-23)18-39-14-15-40(19-22-9-12-38-13-10-22)26(20-39)17-27(41)43-16-11-37/h1-10,12-13,26,42H,11,14-20,37H2/t26-/m1/s1. The lowest BCUT2D eigenvalue weighted by Crippen LogP contribution is -2.53. The van der Waals surface area contributed by atoms with Crippen molar-refractivity contribution in [1.82, 2.24) is 14.8 Å². The van der Waals surface area contributed by atoms with E-state index in [9.17, 15) is 36.2 Å². The highest BCUT2D eigenvalue weighted by Gasteiger charge is 2.71. The summed E-state index contributed by atoms with van der Waals surface area (Å²) in [6.45, 7) is 3.68. The first kappa shape index (κ1) is 32.4.